The molecule has 0 aromatic heterocycles. The van der Waals surface area contributed by atoms with Gasteiger partial charge in [-0.2, -0.15) is 0 Å². The van der Waals surface area contributed by atoms with E-state index in [0.717, 1.165) is 36.8 Å². The van der Waals surface area contributed by atoms with Crippen LogP contribution in [0.5, 0.6) is 5.75 Å². The minimum Gasteiger partial charge on any atom is -0.508 e. The number of carbonyl (C=O) groups is 3. The van der Waals surface area contributed by atoms with Crippen LogP contribution in [0.15, 0.2) is 18.2 Å². The van der Waals surface area contributed by atoms with E-state index in [4.69, 9.17) is 10.5 Å². The van der Waals surface area contributed by atoms with Crippen molar-refractivity contribution in [2.45, 2.75) is 69.9 Å². The average Bonchev–Trinajstić information content (AvgIpc) is 3.21. The van der Waals surface area contributed by atoms with Crippen molar-refractivity contribution in [1.82, 2.24) is 5.32 Å². The summed E-state index contributed by atoms with van der Waals surface area (Å²) in [5.74, 6) is -1.80. The number of carboxylic acid groups (broad SMARTS) is 1. The van der Waals surface area contributed by atoms with Crippen molar-refractivity contribution in [3.8, 4) is 5.75 Å². The van der Waals surface area contributed by atoms with Crippen molar-refractivity contribution in [2.75, 3.05) is 6.61 Å². The fourth-order valence-corrected chi connectivity index (χ4v) is 3.72. The van der Waals surface area contributed by atoms with Crippen molar-refractivity contribution in [3.63, 3.8) is 0 Å². The summed E-state index contributed by atoms with van der Waals surface area (Å²) >= 11 is 0. The predicted octanol–water partition coefficient (Wildman–Crippen LogP) is 1.83. The molecule has 8 nitrogen and oxygen atoms in total. The number of ether oxygens (including phenoxy) is 1. The van der Waals surface area contributed by atoms with Crippen LogP contribution in [0.2, 0.25) is 0 Å². The fraction of sp³-hybridized carbons (Fsp3) is 0.571. The molecular formula is C21H30N2O6. The van der Waals surface area contributed by atoms with Crippen LogP contribution in [0.1, 0.15) is 62.5 Å². The topological polar surface area (TPSA) is 139 Å². The van der Waals surface area contributed by atoms with Gasteiger partial charge in [0, 0.05) is 12.8 Å². The first kappa shape index (κ1) is 22.7. The molecule has 1 aromatic carbocycles. The van der Waals surface area contributed by atoms with E-state index in [-0.39, 0.29) is 37.5 Å². The number of hydrogen-bond acceptors (Lipinski definition) is 6. The lowest BCUT2D eigenvalue weighted by Gasteiger charge is -2.21. The monoisotopic (exact) mass is 406 g/mol. The Labute approximate surface area is 170 Å². The summed E-state index contributed by atoms with van der Waals surface area (Å²) in [6, 6.07) is 2.78. The number of phenolic OH excluding ortho intramolecular Hbond substituents is 1. The van der Waals surface area contributed by atoms with Crippen molar-refractivity contribution in [1.29, 1.82) is 0 Å². The molecule has 0 saturated heterocycles. The van der Waals surface area contributed by atoms with Gasteiger partial charge in [-0.3, -0.25) is 9.59 Å². The number of rotatable bonds is 10. The van der Waals surface area contributed by atoms with Crippen LogP contribution >= 0.6 is 0 Å². The zero-order valence-electron chi connectivity index (χ0n) is 16.7. The van der Waals surface area contributed by atoms with Crippen LogP contribution in [0.4, 0.5) is 0 Å². The van der Waals surface area contributed by atoms with Gasteiger partial charge in [0.15, 0.2) is 0 Å². The van der Waals surface area contributed by atoms with Gasteiger partial charge in [-0.05, 0) is 55.4 Å². The van der Waals surface area contributed by atoms with Gasteiger partial charge in [-0.15, -0.1) is 0 Å². The third-order valence-corrected chi connectivity index (χ3v) is 5.26. The highest BCUT2D eigenvalue weighted by molar-refractivity contribution is 5.87. The van der Waals surface area contributed by atoms with Gasteiger partial charge in [0.1, 0.15) is 11.8 Å². The number of phenols is 1. The first-order valence-corrected chi connectivity index (χ1v) is 10.1. The van der Waals surface area contributed by atoms with Crippen LogP contribution in [0.25, 0.3) is 0 Å². The first-order chi connectivity index (χ1) is 13.8. The molecule has 2 atom stereocenters. The molecule has 1 aliphatic carbocycles. The molecule has 1 fully saturated rings. The molecule has 5 N–H and O–H groups in total. The van der Waals surface area contributed by atoms with Crippen LogP contribution < -0.4 is 11.1 Å². The highest BCUT2D eigenvalue weighted by atomic mass is 16.5. The molecule has 8 heteroatoms. The molecule has 1 amide bonds. The summed E-state index contributed by atoms with van der Waals surface area (Å²) < 4.78 is 4.80. The number of carboxylic acids is 1. The van der Waals surface area contributed by atoms with Crippen molar-refractivity contribution in [3.05, 3.63) is 29.3 Å². The minimum absolute atomic E-state index is 0.00997. The van der Waals surface area contributed by atoms with E-state index in [9.17, 15) is 24.6 Å². The van der Waals surface area contributed by atoms with E-state index >= 15 is 0 Å². The van der Waals surface area contributed by atoms with Crippen LogP contribution in [0.3, 0.4) is 0 Å². The molecule has 1 aromatic rings. The number of benzene rings is 1. The Morgan fingerprint density at radius 1 is 1.28 bits per heavy atom. The molecule has 0 spiro atoms. The number of nitrogens with two attached hydrogens (primary N) is 1. The highest BCUT2D eigenvalue weighted by Crippen LogP contribution is 2.37. The molecule has 0 radical (unpaired) electrons. The summed E-state index contributed by atoms with van der Waals surface area (Å²) in [7, 11) is 0. The van der Waals surface area contributed by atoms with E-state index in [1.54, 1.807) is 19.1 Å². The van der Waals surface area contributed by atoms with Crippen molar-refractivity contribution in [2.24, 2.45) is 5.73 Å². The largest absolute Gasteiger partial charge is 0.508 e. The second-order valence-electron chi connectivity index (χ2n) is 7.42. The van der Waals surface area contributed by atoms with Gasteiger partial charge in [0.2, 0.25) is 5.91 Å². The maximum absolute atomic E-state index is 12.3. The van der Waals surface area contributed by atoms with Crippen molar-refractivity contribution < 1.29 is 29.3 Å². The number of esters is 1. The molecule has 1 aliphatic rings. The number of aromatic hydroxyl groups is 1. The highest BCUT2D eigenvalue weighted by Gasteiger charge is 2.27. The number of aliphatic carboxylic acids is 1. The molecule has 1 saturated carbocycles. The van der Waals surface area contributed by atoms with E-state index in [0.29, 0.717) is 0 Å². The minimum atomic E-state index is -1.17. The zero-order chi connectivity index (χ0) is 21.4. The zero-order valence-corrected chi connectivity index (χ0v) is 16.7. The standard InChI is InChI=1S/C21H30N2O6/c1-2-29-19(25)10-9-17(22)20(26)23-18(21(27)28)11-14-7-8-15(24)12-16(14)13-5-3-4-6-13/h7-8,12-13,17-18,24H,2-6,9-11,22H2,1H3,(H,23,26)(H,27,28)/t17-,18-/m0/s1. The molecule has 0 aliphatic heterocycles. The number of nitrogens with one attached hydrogen (secondary N) is 1. The number of amides is 1. The summed E-state index contributed by atoms with van der Waals surface area (Å²) in [5.41, 5.74) is 7.54. The molecular weight excluding hydrogens is 376 g/mol. The van der Waals surface area contributed by atoms with Gasteiger partial charge in [-0.1, -0.05) is 18.9 Å². The second kappa shape index (κ2) is 10.8. The van der Waals surface area contributed by atoms with E-state index in [1.165, 1.54) is 6.07 Å². The van der Waals surface area contributed by atoms with E-state index in [1.807, 2.05) is 0 Å². The van der Waals surface area contributed by atoms with Gasteiger partial charge in [-0.25, -0.2) is 4.79 Å². The maximum Gasteiger partial charge on any atom is 0.326 e. The fourth-order valence-electron chi connectivity index (χ4n) is 3.72. The quantitative estimate of drug-likeness (QED) is 0.435. The second-order valence-corrected chi connectivity index (χ2v) is 7.42. The summed E-state index contributed by atoms with van der Waals surface area (Å²) in [5, 5.41) is 21.9. The Kier molecular flexibility index (Phi) is 8.45. The Bertz CT molecular complexity index is 730. The van der Waals surface area contributed by atoms with Gasteiger partial charge in [0.05, 0.1) is 12.6 Å². The van der Waals surface area contributed by atoms with Gasteiger partial charge >= 0.3 is 11.9 Å². The lowest BCUT2D eigenvalue weighted by molar-refractivity contribution is -0.144. The molecule has 29 heavy (non-hydrogen) atoms. The first-order valence-electron chi connectivity index (χ1n) is 10.1. The van der Waals surface area contributed by atoms with E-state index in [2.05, 4.69) is 5.32 Å². The maximum atomic E-state index is 12.3. The Morgan fingerprint density at radius 2 is 1.97 bits per heavy atom. The predicted molar refractivity (Wildman–Crippen MR) is 106 cm³/mol. The Hall–Kier alpha value is -2.61. The van der Waals surface area contributed by atoms with Crippen molar-refractivity contribution >= 4 is 17.8 Å². The van der Waals surface area contributed by atoms with Gasteiger partial charge in [0.25, 0.3) is 0 Å². The lowest BCUT2D eigenvalue weighted by Crippen LogP contribution is -2.49. The molecule has 2 rings (SSSR count). The molecule has 160 valence electrons. The molecule has 0 bridgehead atoms. The molecule has 0 unspecified atom stereocenters. The number of hydrogen-bond donors (Lipinski definition) is 4. The van der Waals surface area contributed by atoms with Crippen LogP contribution in [0, 0.1) is 0 Å². The third kappa shape index (κ3) is 6.74. The molecule has 0 heterocycles. The number of carbonyl (C=O) groups excluding carboxylic acids is 2. The Morgan fingerprint density at radius 3 is 2.59 bits per heavy atom. The van der Waals surface area contributed by atoms with E-state index < -0.39 is 29.9 Å². The summed E-state index contributed by atoms with van der Waals surface area (Å²) in [6.07, 6.45) is 4.37. The van der Waals surface area contributed by atoms with Crippen LogP contribution in [-0.4, -0.2) is 46.7 Å². The average molecular weight is 406 g/mol. The van der Waals surface area contributed by atoms with Gasteiger partial charge < -0.3 is 26.0 Å². The normalized spacial score (nSPS) is 16.2. The summed E-state index contributed by atoms with van der Waals surface area (Å²) in [6.45, 7) is 1.93. The smallest absolute Gasteiger partial charge is 0.326 e. The summed E-state index contributed by atoms with van der Waals surface area (Å²) in [4.78, 5) is 35.5. The Balaban J connectivity index is 2.04. The lowest BCUT2D eigenvalue weighted by atomic mass is 9.89. The third-order valence-electron chi connectivity index (χ3n) is 5.26. The SMILES string of the molecule is CCOC(=O)CC[C@H](N)C(=O)N[C@@H](Cc1ccc(O)cc1C1CCCC1)C(=O)O. The van der Waals surface area contributed by atoms with Crippen LogP contribution in [-0.2, 0) is 25.5 Å².